The molecule has 1 aromatic heterocycles. The molecule has 0 spiro atoms. The van der Waals surface area contributed by atoms with Crippen molar-refractivity contribution >= 4 is 15.9 Å². The monoisotopic (exact) mass is 323 g/mol. The maximum Gasteiger partial charge on any atom is 0.123 e. The molecule has 1 aromatic carbocycles. The summed E-state index contributed by atoms with van der Waals surface area (Å²) >= 11 is 3.47. The van der Waals surface area contributed by atoms with Crippen molar-refractivity contribution in [3.05, 3.63) is 46.2 Å². The van der Waals surface area contributed by atoms with E-state index in [9.17, 15) is 0 Å². The number of hydrogen-bond acceptors (Lipinski definition) is 3. The first-order valence-electron chi connectivity index (χ1n) is 6.35. The number of aryl methyl sites for hydroxylation is 1. The molecule has 2 N–H and O–H groups in total. The highest BCUT2D eigenvalue weighted by Crippen LogP contribution is 2.24. The summed E-state index contributed by atoms with van der Waals surface area (Å²) in [6.45, 7) is 4.07. The zero-order valence-corrected chi connectivity index (χ0v) is 12.6. The molecule has 1 heterocycles. The molecule has 0 fully saturated rings. The molecule has 4 nitrogen and oxygen atoms in total. The van der Waals surface area contributed by atoms with E-state index in [0.29, 0.717) is 13.2 Å². The molecule has 0 aliphatic carbocycles. The fraction of sp³-hybridized carbons (Fsp3) is 0.357. The number of benzene rings is 1. The van der Waals surface area contributed by atoms with Crippen LogP contribution in [0.3, 0.4) is 0 Å². The average molecular weight is 324 g/mol. The summed E-state index contributed by atoms with van der Waals surface area (Å²) in [4.78, 5) is 0. The van der Waals surface area contributed by atoms with E-state index in [-0.39, 0.29) is 0 Å². The lowest BCUT2D eigenvalue weighted by Gasteiger charge is -2.10. The number of nitrogens with zero attached hydrogens (tertiary/aromatic N) is 2. The minimum absolute atomic E-state index is 0.527. The molecular weight excluding hydrogens is 306 g/mol. The lowest BCUT2D eigenvalue weighted by atomic mass is 10.1. The lowest BCUT2D eigenvalue weighted by Crippen LogP contribution is -2.05. The van der Waals surface area contributed by atoms with Crippen LogP contribution >= 0.6 is 15.9 Å². The zero-order chi connectivity index (χ0) is 13.7. The number of aromatic nitrogens is 2. The van der Waals surface area contributed by atoms with Crippen molar-refractivity contribution in [1.82, 2.24) is 9.78 Å². The second-order valence-corrected chi connectivity index (χ2v) is 5.20. The van der Waals surface area contributed by atoms with Crippen molar-refractivity contribution in [3.8, 4) is 5.75 Å². The molecule has 0 aliphatic rings. The third-order valence-corrected chi connectivity index (χ3v) is 3.33. The van der Waals surface area contributed by atoms with Crippen molar-refractivity contribution < 1.29 is 4.74 Å². The Balaban J connectivity index is 2.05. The Bertz CT molecular complexity index is 539. The van der Waals surface area contributed by atoms with Crippen LogP contribution in [0.1, 0.15) is 18.1 Å². The molecular formula is C14H18BrN3O. The Labute approximate surface area is 121 Å². The zero-order valence-electron chi connectivity index (χ0n) is 11.0. The second-order valence-electron chi connectivity index (χ2n) is 4.28. The van der Waals surface area contributed by atoms with E-state index in [2.05, 4.69) is 34.0 Å². The predicted octanol–water partition coefficient (Wildman–Crippen LogP) is 2.75. The Morgan fingerprint density at radius 2 is 2.26 bits per heavy atom. The van der Waals surface area contributed by atoms with Crippen molar-refractivity contribution in [2.24, 2.45) is 5.73 Å². The van der Waals surface area contributed by atoms with E-state index in [1.54, 1.807) is 0 Å². The van der Waals surface area contributed by atoms with Crippen LogP contribution in [0.25, 0.3) is 0 Å². The van der Waals surface area contributed by atoms with Crippen molar-refractivity contribution in [1.29, 1.82) is 0 Å². The Morgan fingerprint density at radius 3 is 2.95 bits per heavy atom. The van der Waals surface area contributed by atoms with Gasteiger partial charge in [0.2, 0.25) is 0 Å². The van der Waals surface area contributed by atoms with E-state index in [1.807, 2.05) is 29.2 Å². The van der Waals surface area contributed by atoms with Gasteiger partial charge in [0.15, 0.2) is 0 Å². The number of hydrogen-bond donors (Lipinski definition) is 1. The normalized spacial score (nSPS) is 10.7. The summed E-state index contributed by atoms with van der Waals surface area (Å²) in [5.41, 5.74) is 7.82. The number of rotatable bonds is 6. The molecule has 0 radical (unpaired) electrons. The van der Waals surface area contributed by atoms with Gasteiger partial charge in [-0.2, -0.15) is 5.10 Å². The molecule has 0 saturated carbocycles. The third kappa shape index (κ3) is 3.81. The highest BCUT2D eigenvalue weighted by Gasteiger charge is 2.05. The van der Waals surface area contributed by atoms with E-state index in [0.717, 1.165) is 34.3 Å². The maximum absolute atomic E-state index is 5.86. The number of halogens is 1. The average Bonchev–Trinajstić information content (AvgIpc) is 2.86. The number of nitrogens with two attached hydrogens (primary N) is 1. The molecule has 2 rings (SSSR count). The molecule has 0 saturated heterocycles. The van der Waals surface area contributed by atoms with Gasteiger partial charge in [-0.1, -0.05) is 15.9 Å². The van der Waals surface area contributed by atoms with E-state index in [1.165, 1.54) is 0 Å². The second kappa shape index (κ2) is 6.73. The summed E-state index contributed by atoms with van der Waals surface area (Å²) in [7, 11) is 0. The van der Waals surface area contributed by atoms with Crippen molar-refractivity contribution in [2.45, 2.75) is 26.5 Å². The molecule has 0 unspecified atom stereocenters. The largest absolute Gasteiger partial charge is 0.489 e. The minimum Gasteiger partial charge on any atom is -0.489 e. The van der Waals surface area contributed by atoms with Crippen LogP contribution in [0.2, 0.25) is 0 Å². The molecule has 0 atom stereocenters. The van der Waals surface area contributed by atoms with Gasteiger partial charge in [0.1, 0.15) is 12.4 Å². The van der Waals surface area contributed by atoms with Gasteiger partial charge in [-0.3, -0.25) is 4.68 Å². The van der Waals surface area contributed by atoms with E-state index in [4.69, 9.17) is 10.5 Å². The van der Waals surface area contributed by atoms with Crippen LogP contribution < -0.4 is 10.5 Å². The van der Waals surface area contributed by atoms with Gasteiger partial charge in [0.25, 0.3) is 0 Å². The summed E-state index contributed by atoms with van der Waals surface area (Å²) < 4.78 is 8.79. The lowest BCUT2D eigenvalue weighted by molar-refractivity contribution is 0.303. The van der Waals surface area contributed by atoms with Crippen LogP contribution in [0, 0.1) is 0 Å². The summed E-state index contributed by atoms with van der Waals surface area (Å²) in [6, 6.07) is 6.00. The van der Waals surface area contributed by atoms with Crippen LogP contribution in [0.15, 0.2) is 35.1 Å². The smallest absolute Gasteiger partial charge is 0.123 e. The van der Waals surface area contributed by atoms with Gasteiger partial charge < -0.3 is 10.5 Å². The van der Waals surface area contributed by atoms with Gasteiger partial charge in [-0.25, -0.2) is 0 Å². The van der Waals surface area contributed by atoms with Crippen molar-refractivity contribution in [3.63, 3.8) is 0 Å². The van der Waals surface area contributed by atoms with Crippen LogP contribution in [0.5, 0.6) is 5.75 Å². The first-order chi connectivity index (χ1) is 9.22. The summed E-state index contributed by atoms with van der Waals surface area (Å²) in [5.74, 6) is 0.887. The van der Waals surface area contributed by atoms with Crippen LogP contribution in [-0.4, -0.2) is 16.3 Å². The maximum atomic E-state index is 5.86. The highest BCUT2D eigenvalue weighted by molar-refractivity contribution is 9.10. The quantitative estimate of drug-likeness (QED) is 0.889. The molecule has 5 heteroatoms. The van der Waals surface area contributed by atoms with Crippen LogP contribution in [-0.2, 0) is 19.6 Å². The first kappa shape index (κ1) is 14.1. The molecule has 0 aliphatic heterocycles. The van der Waals surface area contributed by atoms with Gasteiger partial charge >= 0.3 is 0 Å². The number of ether oxygens (including phenoxy) is 1. The Kier molecular flexibility index (Phi) is 4.99. The van der Waals surface area contributed by atoms with E-state index < -0.39 is 0 Å². The molecule has 0 bridgehead atoms. The standard InChI is InChI=1S/C14H18BrN3O/c1-2-18-9-11(8-17-18)10-19-14-4-3-13(15)7-12(14)5-6-16/h3-4,7-9H,2,5-6,10,16H2,1H3. The van der Waals surface area contributed by atoms with Gasteiger partial charge in [0.05, 0.1) is 6.20 Å². The topological polar surface area (TPSA) is 53.1 Å². The fourth-order valence-corrected chi connectivity index (χ4v) is 2.26. The Morgan fingerprint density at radius 1 is 1.42 bits per heavy atom. The predicted molar refractivity (Wildman–Crippen MR) is 79.1 cm³/mol. The van der Waals surface area contributed by atoms with Crippen molar-refractivity contribution in [2.75, 3.05) is 6.54 Å². The minimum atomic E-state index is 0.527. The van der Waals surface area contributed by atoms with Crippen LogP contribution in [0.4, 0.5) is 0 Å². The van der Waals surface area contributed by atoms with Gasteiger partial charge in [-0.05, 0) is 43.7 Å². The molecule has 102 valence electrons. The molecule has 2 aromatic rings. The third-order valence-electron chi connectivity index (χ3n) is 2.84. The summed E-state index contributed by atoms with van der Waals surface area (Å²) in [6.07, 6.45) is 4.65. The SMILES string of the molecule is CCn1cc(COc2ccc(Br)cc2CCN)cn1. The van der Waals surface area contributed by atoms with Gasteiger partial charge in [-0.15, -0.1) is 0 Å². The van der Waals surface area contributed by atoms with Gasteiger partial charge in [0, 0.05) is 22.8 Å². The molecule has 19 heavy (non-hydrogen) atoms. The fourth-order valence-electron chi connectivity index (χ4n) is 1.85. The molecule has 0 amide bonds. The Hall–Kier alpha value is -1.33. The highest BCUT2D eigenvalue weighted by atomic mass is 79.9. The first-order valence-corrected chi connectivity index (χ1v) is 7.15. The van der Waals surface area contributed by atoms with E-state index >= 15 is 0 Å². The summed E-state index contributed by atoms with van der Waals surface area (Å²) in [5, 5.41) is 4.23.